The molecule has 4 nitrogen and oxygen atoms in total. The highest BCUT2D eigenvalue weighted by Gasteiger charge is 2.10. The molecule has 0 aliphatic heterocycles. The zero-order valence-corrected chi connectivity index (χ0v) is 10.1. The van der Waals surface area contributed by atoms with Crippen LogP contribution in [0.4, 0.5) is 10.3 Å². The van der Waals surface area contributed by atoms with Gasteiger partial charge in [-0.3, -0.25) is 0 Å². The number of nitrogens with zero attached hydrogens (tertiary/aromatic N) is 1. The van der Waals surface area contributed by atoms with Gasteiger partial charge >= 0.3 is 0 Å². The van der Waals surface area contributed by atoms with Crippen LogP contribution in [0.1, 0.15) is 0 Å². The van der Waals surface area contributed by atoms with E-state index in [1.165, 1.54) is 12.1 Å². The Labute approximate surface area is 103 Å². The second-order valence-electron chi connectivity index (χ2n) is 3.70. The molecule has 0 aliphatic rings. The Hall–Kier alpha value is -1.33. The molecule has 6 heteroatoms. The zero-order valence-electron chi connectivity index (χ0n) is 9.34. The highest BCUT2D eigenvalue weighted by atomic mass is 35.5. The van der Waals surface area contributed by atoms with Crippen LogP contribution in [0, 0.1) is 5.82 Å². The maximum Gasteiger partial charge on any atom is 0.201 e. The first kappa shape index (κ1) is 12.1. The van der Waals surface area contributed by atoms with Crippen molar-refractivity contribution in [3.05, 3.63) is 24.0 Å². The number of methoxy groups -OCH3 is 1. The number of alkyl halides is 1. The summed E-state index contributed by atoms with van der Waals surface area (Å²) in [4.78, 5) is 7.26. The van der Waals surface area contributed by atoms with Crippen molar-refractivity contribution >= 4 is 28.6 Å². The van der Waals surface area contributed by atoms with Crippen molar-refractivity contribution in [2.75, 3.05) is 24.9 Å². The first-order chi connectivity index (χ1) is 8.22. The molecule has 0 aliphatic carbocycles. The van der Waals surface area contributed by atoms with Gasteiger partial charge in [0.25, 0.3) is 0 Å². The van der Waals surface area contributed by atoms with Crippen molar-refractivity contribution in [3.8, 4) is 0 Å². The number of aromatic nitrogens is 2. The van der Waals surface area contributed by atoms with Crippen LogP contribution in [-0.2, 0) is 4.74 Å². The highest BCUT2D eigenvalue weighted by molar-refractivity contribution is 6.18. The van der Waals surface area contributed by atoms with Gasteiger partial charge in [-0.15, -0.1) is 11.6 Å². The van der Waals surface area contributed by atoms with E-state index < -0.39 is 0 Å². The minimum Gasteiger partial charge on any atom is -0.383 e. The Bertz CT molecular complexity index is 502. The summed E-state index contributed by atoms with van der Waals surface area (Å²) in [6.45, 7) is 0.481. The molecule has 2 aromatic rings. The van der Waals surface area contributed by atoms with Gasteiger partial charge in [0.2, 0.25) is 5.95 Å². The summed E-state index contributed by atoms with van der Waals surface area (Å²) < 4.78 is 18.0. The van der Waals surface area contributed by atoms with Crippen LogP contribution in [0.5, 0.6) is 0 Å². The molecular weight excluding hydrogens is 245 g/mol. The summed E-state index contributed by atoms with van der Waals surface area (Å²) in [6.07, 6.45) is 0. The fraction of sp³-hybridized carbons (Fsp3) is 0.364. The minimum absolute atomic E-state index is 0.0351. The lowest BCUT2D eigenvalue weighted by Gasteiger charge is -2.13. The summed E-state index contributed by atoms with van der Waals surface area (Å²) in [5.74, 6) is 0.672. The van der Waals surface area contributed by atoms with Crippen molar-refractivity contribution in [1.82, 2.24) is 9.97 Å². The van der Waals surface area contributed by atoms with Crippen LogP contribution >= 0.6 is 11.6 Å². The van der Waals surface area contributed by atoms with Gasteiger partial charge in [0.1, 0.15) is 5.82 Å². The van der Waals surface area contributed by atoms with Gasteiger partial charge in [-0.25, -0.2) is 9.37 Å². The number of benzene rings is 1. The Morgan fingerprint density at radius 2 is 2.41 bits per heavy atom. The minimum atomic E-state index is -0.293. The maximum absolute atomic E-state index is 13.0. The fourth-order valence-corrected chi connectivity index (χ4v) is 1.74. The van der Waals surface area contributed by atoms with E-state index in [2.05, 4.69) is 15.3 Å². The van der Waals surface area contributed by atoms with Crippen molar-refractivity contribution in [2.45, 2.75) is 6.04 Å². The Kier molecular flexibility index (Phi) is 3.81. The van der Waals surface area contributed by atoms with Crippen LogP contribution < -0.4 is 5.32 Å². The van der Waals surface area contributed by atoms with Gasteiger partial charge in [-0.1, -0.05) is 0 Å². The number of hydrogen-bond acceptors (Lipinski definition) is 3. The van der Waals surface area contributed by atoms with Gasteiger partial charge in [0.05, 0.1) is 23.7 Å². The van der Waals surface area contributed by atoms with Crippen LogP contribution in [0.15, 0.2) is 18.2 Å². The molecule has 1 heterocycles. The average molecular weight is 258 g/mol. The third-order valence-electron chi connectivity index (χ3n) is 2.34. The molecule has 0 fully saturated rings. The highest BCUT2D eigenvalue weighted by Crippen LogP contribution is 2.16. The predicted molar refractivity (Wildman–Crippen MR) is 66.1 cm³/mol. The number of imidazole rings is 1. The normalized spacial score (nSPS) is 12.9. The molecule has 0 radical (unpaired) electrons. The number of aromatic amines is 1. The van der Waals surface area contributed by atoms with Gasteiger partial charge in [-0.05, 0) is 18.2 Å². The monoisotopic (exact) mass is 257 g/mol. The van der Waals surface area contributed by atoms with Gasteiger partial charge in [0, 0.05) is 13.0 Å². The predicted octanol–water partition coefficient (Wildman–Crippen LogP) is 2.37. The smallest absolute Gasteiger partial charge is 0.201 e. The lowest BCUT2D eigenvalue weighted by molar-refractivity contribution is 0.191. The van der Waals surface area contributed by atoms with Crippen LogP contribution in [0.25, 0.3) is 11.0 Å². The summed E-state index contributed by atoms with van der Waals surface area (Å²) >= 11 is 5.78. The first-order valence-corrected chi connectivity index (χ1v) is 5.73. The zero-order chi connectivity index (χ0) is 12.3. The topological polar surface area (TPSA) is 49.9 Å². The van der Waals surface area contributed by atoms with Crippen molar-refractivity contribution in [1.29, 1.82) is 0 Å². The molecule has 2 rings (SSSR count). The van der Waals surface area contributed by atoms with E-state index in [-0.39, 0.29) is 11.9 Å². The van der Waals surface area contributed by atoms with Gasteiger partial charge in [0.15, 0.2) is 0 Å². The van der Waals surface area contributed by atoms with Crippen molar-refractivity contribution < 1.29 is 9.13 Å². The Morgan fingerprint density at radius 1 is 1.59 bits per heavy atom. The summed E-state index contributed by atoms with van der Waals surface area (Å²) in [5, 5.41) is 3.09. The van der Waals surface area contributed by atoms with Crippen molar-refractivity contribution in [2.24, 2.45) is 0 Å². The number of ether oxygens (including phenoxy) is 1. The van der Waals surface area contributed by atoms with E-state index in [1.54, 1.807) is 13.2 Å². The van der Waals surface area contributed by atoms with Gasteiger partial charge < -0.3 is 15.0 Å². The molecule has 1 aromatic heterocycles. The Morgan fingerprint density at radius 3 is 3.12 bits per heavy atom. The van der Waals surface area contributed by atoms with E-state index >= 15 is 0 Å². The molecule has 1 unspecified atom stereocenters. The molecule has 0 spiro atoms. The molecular formula is C11H13ClFN3O. The molecule has 1 atom stereocenters. The second-order valence-corrected chi connectivity index (χ2v) is 4.01. The molecule has 1 aromatic carbocycles. The summed E-state index contributed by atoms with van der Waals surface area (Å²) in [7, 11) is 1.61. The third-order valence-corrected chi connectivity index (χ3v) is 2.71. The molecule has 0 amide bonds. The number of nitrogens with one attached hydrogen (secondary N) is 2. The first-order valence-electron chi connectivity index (χ1n) is 5.19. The molecule has 2 N–H and O–H groups in total. The lowest BCUT2D eigenvalue weighted by atomic mass is 10.3. The standard InChI is InChI=1S/C11H13ClFN3O/c1-17-6-8(5-12)14-11-15-9-3-2-7(13)4-10(9)16-11/h2-4,8H,5-6H2,1H3,(H2,14,15,16). The molecule has 0 bridgehead atoms. The number of fused-ring (bicyclic) bond motifs is 1. The van der Waals surface area contributed by atoms with E-state index in [0.717, 1.165) is 0 Å². The fourth-order valence-electron chi connectivity index (χ4n) is 1.57. The number of halogens is 2. The van der Waals surface area contributed by atoms with E-state index in [9.17, 15) is 4.39 Å². The van der Waals surface area contributed by atoms with Crippen LogP contribution in [0.2, 0.25) is 0 Å². The number of rotatable bonds is 5. The second kappa shape index (κ2) is 5.33. The summed E-state index contributed by atoms with van der Waals surface area (Å²) in [5.41, 5.74) is 1.36. The maximum atomic E-state index is 13.0. The average Bonchev–Trinajstić information content (AvgIpc) is 2.69. The van der Waals surface area contributed by atoms with Crippen molar-refractivity contribution in [3.63, 3.8) is 0 Å². The quantitative estimate of drug-likeness (QED) is 0.809. The Balaban J connectivity index is 2.18. The number of hydrogen-bond donors (Lipinski definition) is 2. The van der Waals surface area contributed by atoms with E-state index in [4.69, 9.17) is 16.3 Å². The van der Waals surface area contributed by atoms with Gasteiger partial charge in [-0.2, -0.15) is 0 Å². The third kappa shape index (κ3) is 2.87. The lowest BCUT2D eigenvalue weighted by Crippen LogP contribution is -2.27. The summed E-state index contributed by atoms with van der Waals surface area (Å²) in [6, 6.07) is 4.37. The largest absolute Gasteiger partial charge is 0.383 e. The van der Waals surface area contributed by atoms with Crippen LogP contribution in [0.3, 0.4) is 0 Å². The SMILES string of the molecule is COCC(CCl)Nc1nc2ccc(F)cc2[nH]1. The number of H-pyrrole nitrogens is 1. The number of anilines is 1. The molecule has 0 saturated heterocycles. The van der Waals surface area contributed by atoms with E-state index in [1.807, 2.05) is 0 Å². The molecule has 17 heavy (non-hydrogen) atoms. The van der Waals surface area contributed by atoms with E-state index in [0.29, 0.717) is 29.5 Å². The van der Waals surface area contributed by atoms with Crippen LogP contribution in [-0.4, -0.2) is 35.6 Å². The molecule has 92 valence electrons. The molecule has 0 saturated carbocycles.